The predicted octanol–water partition coefficient (Wildman–Crippen LogP) is 4.70. The first-order chi connectivity index (χ1) is 16.0. The van der Waals surface area contributed by atoms with E-state index in [-0.39, 0.29) is 41.5 Å². The van der Waals surface area contributed by atoms with Crippen molar-refractivity contribution in [3.8, 4) is 24.7 Å². The molecule has 10 atom stereocenters. The quantitative estimate of drug-likeness (QED) is 0.444. The third kappa shape index (κ3) is 3.92. The smallest absolute Gasteiger partial charge is 0.165 e. The van der Waals surface area contributed by atoms with Crippen molar-refractivity contribution in [2.75, 3.05) is 13.2 Å². The van der Waals surface area contributed by atoms with E-state index < -0.39 is 7.92 Å². The molecule has 33 heavy (non-hydrogen) atoms. The van der Waals surface area contributed by atoms with Crippen LogP contribution in [0.15, 0.2) is 0 Å². The zero-order valence-corrected chi connectivity index (χ0v) is 20.8. The molecule has 3 aliphatic carbocycles. The highest BCUT2D eigenvalue weighted by Gasteiger charge is 2.64. The van der Waals surface area contributed by atoms with Gasteiger partial charge >= 0.3 is 0 Å². The van der Waals surface area contributed by atoms with Gasteiger partial charge in [0.15, 0.2) is 11.0 Å². The van der Waals surface area contributed by atoms with Crippen molar-refractivity contribution < 1.29 is 19.1 Å². The fourth-order valence-corrected chi connectivity index (χ4v) is 12.5. The summed E-state index contributed by atoms with van der Waals surface area (Å²) in [6.07, 6.45) is 18.3. The molecule has 4 nitrogen and oxygen atoms in total. The van der Waals surface area contributed by atoms with E-state index in [0.29, 0.717) is 47.9 Å². The summed E-state index contributed by atoms with van der Waals surface area (Å²) < 4.78 is 12.0. The van der Waals surface area contributed by atoms with Gasteiger partial charge in [0.1, 0.15) is 13.2 Å². The van der Waals surface area contributed by atoms with Gasteiger partial charge in [0.25, 0.3) is 0 Å². The molecule has 5 aliphatic rings. The number of ether oxygens (including phenoxy) is 2. The molecule has 0 N–H and O–H groups in total. The van der Waals surface area contributed by atoms with Crippen LogP contribution in [0.5, 0.6) is 0 Å². The molecule has 0 radical (unpaired) electrons. The molecule has 0 spiro atoms. The lowest BCUT2D eigenvalue weighted by Gasteiger charge is -2.61. The Morgan fingerprint density at radius 2 is 1.24 bits per heavy atom. The molecular formula is C28H37O4P. The Kier molecular flexibility index (Phi) is 6.75. The van der Waals surface area contributed by atoms with E-state index in [1.54, 1.807) is 0 Å². The first-order valence-corrected chi connectivity index (χ1v) is 14.3. The summed E-state index contributed by atoms with van der Waals surface area (Å²) in [6.45, 7) is 5.08. The van der Waals surface area contributed by atoms with Crippen LogP contribution in [0.4, 0.5) is 0 Å². The normalized spacial score (nSPS) is 48.6. The number of carbonyl (C=O) groups is 2. The summed E-state index contributed by atoms with van der Waals surface area (Å²) in [5.41, 5.74) is 0.924. The second-order valence-electron chi connectivity index (χ2n) is 11.3. The van der Waals surface area contributed by atoms with Gasteiger partial charge in [-0.2, -0.15) is 0 Å². The van der Waals surface area contributed by atoms with Crippen LogP contribution in [0.1, 0.15) is 58.8 Å². The van der Waals surface area contributed by atoms with Crippen molar-refractivity contribution in [2.45, 2.75) is 76.7 Å². The predicted molar refractivity (Wildman–Crippen MR) is 129 cm³/mol. The van der Waals surface area contributed by atoms with Crippen LogP contribution in [0, 0.1) is 72.0 Å². The molecule has 5 rings (SSSR count). The number of rotatable bonds is 4. The fourth-order valence-electron chi connectivity index (χ4n) is 8.69. The van der Waals surface area contributed by atoms with Crippen LogP contribution < -0.4 is 0 Å². The second-order valence-corrected chi connectivity index (χ2v) is 13.6. The van der Waals surface area contributed by atoms with E-state index in [4.69, 9.17) is 22.3 Å². The van der Waals surface area contributed by atoms with Gasteiger partial charge in [-0.1, -0.05) is 32.1 Å². The zero-order valence-electron chi connectivity index (χ0n) is 19.9. The Balaban J connectivity index is 1.46. The van der Waals surface area contributed by atoms with E-state index >= 15 is 0 Å². The van der Waals surface area contributed by atoms with Gasteiger partial charge < -0.3 is 9.47 Å². The van der Waals surface area contributed by atoms with E-state index in [1.807, 2.05) is 0 Å². The molecule has 2 saturated heterocycles. The maximum absolute atomic E-state index is 14.0. The molecule has 10 unspecified atom stereocenters. The minimum Gasteiger partial charge on any atom is -0.366 e. The average molecular weight is 469 g/mol. The molecular weight excluding hydrogens is 431 g/mol. The SMILES string of the molecule is C#CCOC1CC(C)C2C(=O)P3C(=O)C4C(C)CC(OCC#C)CC4C4CCCC(C2C1)C43. The van der Waals surface area contributed by atoms with Gasteiger partial charge in [-0.3, -0.25) is 9.59 Å². The van der Waals surface area contributed by atoms with Crippen molar-refractivity contribution in [3.05, 3.63) is 0 Å². The van der Waals surface area contributed by atoms with Gasteiger partial charge in [0.2, 0.25) is 0 Å². The first kappa shape index (κ1) is 23.5. The van der Waals surface area contributed by atoms with Crippen LogP contribution in [-0.4, -0.2) is 42.1 Å². The summed E-state index contributed by atoms with van der Waals surface area (Å²) >= 11 is 0. The third-order valence-corrected chi connectivity index (χ3v) is 12.6. The average Bonchev–Trinajstić information content (AvgIpc) is 2.80. The summed E-state index contributed by atoms with van der Waals surface area (Å²) in [7, 11) is -1.22. The molecule has 0 amide bonds. The fraction of sp³-hybridized carbons (Fsp3) is 0.786. The Labute approximate surface area is 200 Å². The third-order valence-electron chi connectivity index (χ3n) is 9.69. The highest BCUT2D eigenvalue weighted by atomic mass is 31.1. The molecule has 0 aromatic rings. The minimum atomic E-state index is -1.22. The first-order valence-electron chi connectivity index (χ1n) is 12.9. The molecule has 2 aliphatic heterocycles. The molecule has 178 valence electrons. The number of terminal acetylenes is 2. The van der Waals surface area contributed by atoms with Gasteiger partial charge in [-0.15, -0.1) is 12.8 Å². The van der Waals surface area contributed by atoms with E-state index in [9.17, 15) is 9.59 Å². The largest absolute Gasteiger partial charge is 0.366 e. The second kappa shape index (κ2) is 9.46. The van der Waals surface area contributed by atoms with Gasteiger partial charge in [-0.25, -0.2) is 0 Å². The van der Waals surface area contributed by atoms with Gasteiger partial charge in [0, 0.05) is 19.8 Å². The standard InChI is InChI=1S/C28H37O4P/c1-5-10-31-18-12-16(3)24-22(14-18)20-8-7-9-21-23-15-19(32-11-6-2)13-17(4)25(23)28(30)33(26(20)21)27(24)29/h1-2,16-26H,7-15H2,3-4H3. The van der Waals surface area contributed by atoms with E-state index in [0.717, 1.165) is 38.5 Å². The van der Waals surface area contributed by atoms with Crippen LogP contribution >= 0.6 is 7.92 Å². The van der Waals surface area contributed by atoms with Crippen molar-refractivity contribution in [2.24, 2.45) is 47.3 Å². The number of fused-ring (bicyclic) bond motifs is 4. The monoisotopic (exact) mass is 468 g/mol. The lowest BCUT2D eigenvalue weighted by Crippen LogP contribution is -2.59. The molecule has 0 aromatic heterocycles. The Morgan fingerprint density at radius 3 is 1.67 bits per heavy atom. The molecule has 0 bridgehead atoms. The van der Waals surface area contributed by atoms with Crippen LogP contribution in [0.2, 0.25) is 0 Å². The van der Waals surface area contributed by atoms with E-state index in [1.165, 1.54) is 6.42 Å². The molecule has 5 heteroatoms. The maximum Gasteiger partial charge on any atom is 0.165 e. The molecule has 5 fully saturated rings. The number of carbonyl (C=O) groups excluding carboxylic acids is 2. The van der Waals surface area contributed by atoms with E-state index in [2.05, 4.69) is 25.7 Å². The summed E-state index contributed by atoms with van der Waals surface area (Å²) in [4.78, 5) is 28.1. The minimum absolute atomic E-state index is 0.0351. The lowest BCUT2D eigenvalue weighted by molar-refractivity contribution is -0.134. The Bertz CT molecular complexity index is 802. The lowest BCUT2D eigenvalue weighted by atomic mass is 9.57. The van der Waals surface area contributed by atoms with Crippen molar-refractivity contribution >= 4 is 19.0 Å². The topological polar surface area (TPSA) is 52.6 Å². The summed E-state index contributed by atoms with van der Waals surface area (Å²) in [5.74, 6) is 7.44. The van der Waals surface area contributed by atoms with Crippen molar-refractivity contribution in [3.63, 3.8) is 0 Å². The highest BCUT2D eigenvalue weighted by Crippen LogP contribution is 2.71. The zero-order chi connectivity index (χ0) is 23.3. The number of hydrogen-bond acceptors (Lipinski definition) is 4. The van der Waals surface area contributed by atoms with Crippen molar-refractivity contribution in [1.82, 2.24) is 0 Å². The summed E-state index contributed by atoms with van der Waals surface area (Å²) in [5, 5.41) is 0. The summed E-state index contributed by atoms with van der Waals surface area (Å²) in [6, 6.07) is 0. The molecule has 3 saturated carbocycles. The molecule has 0 aromatic carbocycles. The number of hydrogen-bond donors (Lipinski definition) is 0. The Hall–Kier alpha value is -1.19. The van der Waals surface area contributed by atoms with Crippen LogP contribution in [-0.2, 0) is 19.1 Å². The van der Waals surface area contributed by atoms with Crippen LogP contribution in [0.25, 0.3) is 0 Å². The Morgan fingerprint density at radius 1 is 0.788 bits per heavy atom. The van der Waals surface area contributed by atoms with Crippen LogP contribution in [0.3, 0.4) is 0 Å². The maximum atomic E-state index is 14.0. The van der Waals surface area contributed by atoms with Gasteiger partial charge in [-0.05, 0) is 79.7 Å². The molecule has 2 heterocycles. The van der Waals surface area contributed by atoms with Crippen molar-refractivity contribution in [1.29, 1.82) is 0 Å². The highest BCUT2D eigenvalue weighted by molar-refractivity contribution is 7.90. The van der Waals surface area contributed by atoms with Gasteiger partial charge in [0.05, 0.1) is 12.2 Å².